The number of piperazine rings is 1. The van der Waals surface area contributed by atoms with Crippen molar-refractivity contribution in [2.45, 2.75) is 19.8 Å². The summed E-state index contributed by atoms with van der Waals surface area (Å²) in [5.74, 6) is 1.58. The topological polar surface area (TPSA) is 52.6 Å². The number of nitrogens with zero attached hydrogens (tertiary/aromatic N) is 5. The van der Waals surface area contributed by atoms with Gasteiger partial charge in [-0.2, -0.15) is 0 Å². The maximum absolute atomic E-state index is 12.7. The summed E-state index contributed by atoms with van der Waals surface area (Å²) in [6.07, 6.45) is 6.58. The molecule has 2 aromatic rings. The van der Waals surface area contributed by atoms with Gasteiger partial charge < -0.3 is 9.80 Å². The van der Waals surface area contributed by atoms with E-state index in [4.69, 9.17) is 0 Å². The Labute approximate surface area is 172 Å². The van der Waals surface area contributed by atoms with E-state index in [-0.39, 0.29) is 5.91 Å². The van der Waals surface area contributed by atoms with E-state index in [0.717, 1.165) is 64.5 Å². The lowest BCUT2D eigenvalue weighted by Crippen LogP contribution is -2.46. The van der Waals surface area contributed by atoms with Gasteiger partial charge in [-0.1, -0.05) is 42.5 Å². The van der Waals surface area contributed by atoms with Crippen molar-refractivity contribution in [1.82, 2.24) is 19.8 Å². The smallest absolute Gasteiger partial charge is 0.272 e. The number of amides is 1. The van der Waals surface area contributed by atoms with Gasteiger partial charge in [-0.25, -0.2) is 9.97 Å². The SMILES string of the molecule is Cc1nc(C(=O)N2CCCC2)cc(N2CCN(C/C=C/c3ccccc3)CC2)n1. The number of aromatic nitrogens is 2. The van der Waals surface area contributed by atoms with Crippen LogP contribution >= 0.6 is 0 Å². The molecule has 0 spiro atoms. The highest BCUT2D eigenvalue weighted by atomic mass is 16.2. The molecule has 3 heterocycles. The summed E-state index contributed by atoms with van der Waals surface area (Å²) in [7, 11) is 0. The third-order valence-electron chi connectivity index (χ3n) is 5.61. The average Bonchev–Trinajstić information content (AvgIpc) is 3.29. The summed E-state index contributed by atoms with van der Waals surface area (Å²) in [6.45, 7) is 8.28. The largest absolute Gasteiger partial charge is 0.354 e. The van der Waals surface area contributed by atoms with E-state index in [1.54, 1.807) is 0 Å². The van der Waals surface area contributed by atoms with Gasteiger partial charge in [0.15, 0.2) is 0 Å². The van der Waals surface area contributed by atoms with Crippen LogP contribution in [-0.4, -0.2) is 71.5 Å². The van der Waals surface area contributed by atoms with Crippen molar-refractivity contribution in [3.05, 3.63) is 59.6 Å². The molecular weight excluding hydrogens is 362 g/mol. The third kappa shape index (κ3) is 5.01. The van der Waals surface area contributed by atoms with Crippen LogP contribution in [0.4, 0.5) is 5.82 Å². The van der Waals surface area contributed by atoms with Crippen molar-refractivity contribution in [2.24, 2.45) is 0 Å². The van der Waals surface area contributed by atoms with Crippen molar-refractivity contribution in [3.8, 4) is 0 Å². The monoisotopic (exact) mass is 391 g/mol. The molecule has 6 nitrogen and oxygen atoms in total. The molecule has 29 heavy (non-hydrogen) atoms. The molecular formula is C23H29N5O. The molecule has 0 aliphatic carbocycles. The van der Waals surface area contributed by atoms with Crippen LogP contribution in [0.15, 0.2) is 42.5 Å². The van der Waals surface area contributed by atoms with Gasteiger partial charge in [0.05, 0.1) is 0 Å². The van der Waals surface area contributed by atoms with Crippen molar-refractivity contribution < 1.29 is 4.79 Å². The molecule has 0 radical (unpaired) electrons. The molecule has 0 atom stereocenters. The molecule has 6 heteroatoms. The zero-order valence-electron chi connectivity index (χ0n) is 17.1. The summed E-state index contributed by atoms with van der Waals surface area (Å²) in [6, 6.07) is 12.3. The molecule has 4 rings (SSSR count). The quantitative estimate of drug-likeness (QED) is 0.785. The molecule has 2 aliphatic heterocycles. The zero-order valence-corrected chi connectivity index (χ0v) is 17.1. The second-order valence-corrected chi connectivity index (χ2v) is 7.76. The molecule has 1 amide bonds. The first-order chi connectivity index (χ1) is 14.2. The number of carbonyl (C=O) groups excluding carboxylic acids is 1. The lowest BCUT2D eigenvalue weighted by molar-refractivity contribution is 0.0786. The van der Waals surface area contributed by atoms with Gasteiger partial charge in [-0.3, -0.25) is 9.69 Å². The van der Waals surface area contributed by atoms with Crippen LogP contribution in [0.1, 0.15) is 34.7 Å². The van der Waals surface area contributed by atoms with Gasteiger partial charge in [-0.05, 0) is 25.3 Å². The Kier molecular flexibility index (Phi) is 6.20. The van der Waals surface area contributed by atoms with E-state index in [0.29, 0.717) is 11.5 Å². The van der Waals surface area contributed by atoms with Crippen LogP contribution in [0.25, 0.3) is 6.08 Å². The minimum Gasteiger partial charge on any atom is -0.354 e. The van der Waals surface area contributed by atoms with Crippen molar-refractivity contribution in [3.63, 3.8) is 0 Å². The average molecular weight is 392 g/mol. The van der Waals surface area contributed by atoms with Gasteiger partial charge in [0.25, 0.3) is 5.91 Å². The number of anilines is 1. The molecule has 0 unspecified atom stereocenters. The highest BCUT2D eigenvalue weighted by Gasteiger charge is 2.23. The Hall–Kier alpha value is -2.73. The van der Waals surface area contributed by atoms with E-state index in [1.165, 1.54) is 5.56 Å². The molecule has 1 aromatic heterocycles. The molecule has 0 bridgehead atoms. The lowest BCUT2D eigenvalue weighted by Gasteiger charge is -2.35. The Morgan fingerprint density at radius 2 is 1.72 bits per heavy atom. The van der Waals surface area contributed by atoms with Crippen LogP contribution in [0.5, 0.6) is 0 Å². The molecule has 2 saturated heterocycles. The van der Waals surface area contributed by atoms with E-state index >= 15 is 0 Å². The third-order valence-corrected chi connectivity index (χ3v) is 5.61. The summed E-state index contributed by atoms with van der Waals surface area (Å²) in [5, 5.41) is 0. The number of benzene rings is 1. The number of hydrogen-bond acceptors (Lipinski definition) is 5. The Morgan fingerprint density at radius 3 is 2.45 bits per heavy atom. The van der Waals surface area contributed by atoms with Crippen LogP contribution in [0.3, 0.4) is 0 Å². The lowest BCUT2D eigenvalue weighted by atomic mass is 10.2. The number of likely N-dealkylation sites (tertiary alicyclic amines) is 1. The van der Waals surface area contributed by atoms with Crippen molar-refractivity contribution >= 4 is 17.8 Å². The Bertz CT molecular complexity index is 853. The normalized spacial score (nSPS) is 18.0. The van der Waals surface area contributed by atoms with Crippen LogP contribution < -0.4 is 4.90 Å². The predicted octanol–water partition coefficient (Wildman–Crippen LogP) is 2.86. The molecule has 1 aromatic carbocycles. The summed E-state index contributed by atoms with van der Waals surface area (Å²) < 4.78 is 0. The summed E-state index contributed by atoms with van der Waals surface area (Å²) in [5.41, 5.74) is 1.76. The molecule has 0 saturated carbocycles. The van der Waals surface area contributed by atoms with Crippen LogP contribution in [0, 0.1) is 6.92 Å². The van der Waals surface area contributed by atoms with Crippen LogP contribution in [0.2, 0.25) is 0 Å². The van der Waals surface area contributed by atoms with Crippen molar-refractivity contribution in [2.75, 3.05) is 50.7 Å². The highest BCUT2D eigenvalue weighted by molar-refractivity contribution is 5.93. The van der Waals surface area contributed by atoms with Crippen molar-refractivity contribution in [1.29, 1.82) is 0 Å². The first-order valence-corrected chi connectivity index (χ1v) is 10.5. The highest BCUT2D eigenvalue weighted by Crippen LogP contribution is 2.18. The first-order valence-electron chi connectivity index (χ1n) is 10.5. The van der Waals surface area contributed by atoms with Gasteiger partial charge >= 0.3 is 0 Å². The van der Waals surface area contributed by atoms with Gasteiger partial charge in [-0.15, -0.1) is 0 Å². The van der Waals surface area contributed by atoms with Gasteiger partial charge in [0, 0.05) is 51.9 Å². The Morgan fingerprint density at radius 1 is 1.00 bits per heavy atom. The van der Waals surface area contributed by atoms with E-state index in [1.807, 2.05) is 24.0 Å². The molecule has 152 valence electrons. The first kappa shape index (κ1) is 19.6. The minimum absolute atomic E-state index is 0.0407. The van der Waals surface area contributed by atoms with E-state index < -0.39 is 0 Å². The second kappa shape index (κ2) is 9.18. The van der Waals surface area contributed by atoms with E-state index in [2.05, 4.69) is 56.2 Å². The maximum atomic E-state index is 12.7. The zero-order chi connectivity index (χ0) is 20.1. The Balaban J connectivity index is 1.34. The molecule has 2 aliphatic rings. The second-order valence-electron chi connectivity index (χ2n) is 7.76. The fraction of sp³-hybridized carbons (Fsp3) is 0.435. The number of hydrogen-bond donors (Lipinski definition) is 0. The van der Waals surface area contributed by atoms with Gasteiger partial charge in [0.2, 0.25) is 0 Å². The van der Waals surface area contributed by atoms with Crippen LogP contribution in [-0.2, 0) is 0 Å². The number of carbonyl (C=O) groups is 1. The fourth-order valence-corrected chi connectivity index (χ4v) is 3.97. The summed E-state index contributed by atoms with van der Waals surface area (Å²) >= 11 is 0. The summed E-state index contributed by atoms with van der Waals surface area (Å²) in [4.78, 5) is 28.4. The van der Waals surface area contributed by atoms with E-state index in [9.17, 15) is 4.79 Å². The minimum atomic E-state index is 0.0407. The maximum Gasteiger partial charge on any atom is 0.272 e. The fourth-order valence-electron chi connectivity index (χ4n) is 3.97. The predicted molar refractivity (Wildman–Crippen MR) is 116 cm³/mol. The molecule has 0 N–H and O–H groups in total. The number of rotatable bonds is 5. The molecule has 2 fully saturated rings. The number of aryl methyl sites for hydroxylation is 1. The standard InChI is InChI=1S/C23H29N5O/c1-19-24-21(23(29)28-12-5-6-13-28)18-22(25-19)27-16-14-26(15-17-27)11-7-10-20-8-3-2-4-9-20/h2-4,7-10,18H,5-6,11-17H2,1H3/b10-7+. The van der Waals surface area contributed by atoms with Gasteiger partial charge in [0.1, 0.15) is 17.3 Å².